The van der Waals surface area contributed by atoms with E-state index in [1.54, 1.807) is 14.2 Å². The molecule has 0 fully saturated rings. The molecule has 0 saturated heterocycles. The minimum atomic E-state index is 0.0241. The van der Waals surface area contributed by atoms with Crippen LogP contribution >= 0.6 is 0 Å². The lowest BCUT2D eigenvalue weighted by Crippen LogP contribution is -2.39. The first kappa shape index (κ1) is 17.8. The molecule has 24 heavy (non-hydrogen) atoms. The molecule has 0 aliphatic heterocycles. The molecular weight excluding hydrogens is 302 g/mol. The van der Waals surface area contributed by atoms with E-state index in [9.17, 15) is 5.11 Å². The molecule has 0 amide bonds. The summed E-state index contributed by atoms with van der Waals surface area (Å²) in [6.07, 6.45) is 0. The van der Waals surface area contributed by atoms with Gasteiger partial charge < -0.3 is 20.5 Å². The molecule has 3 N–H and O–H groups in total. The molecule has 0 aliphatic carbocycles. The van der Waals surface area contributed by atoms with E-state index in [1.807, 2.05) is 54.6 Å². The summed E-state index contributed by atoms with van der Waals surface area (Å²) in [4.78, 5) is 4.23. The molecule has 2 rings (SSSR count). The van der Waals surface area contributed by atoms with Crippen LogP contribution in [0, 0.1) is 0 Å². The van der Waals surface area contributed by atoms with E-state index in [0.29, 0.717) is 19.0 Å². The Bertz CT molecular complexity index is 644. The van der Waals surface area contributed by atoms with Crippen LogP contribution in [0.2, 0.25) is 0 Å². The topological polar surface area (TPSA) is 65.9 Å². The van der Waals surface area contributed by atoms with Gasteiger partial charge in [-0.05, 0) is 11.6 Å². The second kappa shape index (κ2) is 9.57. The van der Waals surface area contributed by atoms with Gasteiger partial charge in [0, 0.05) is 31.6 Å². The van der Waals surface area contributed by atoms with Gasteiger partial charge >= 0.3 is 0 Å². The number of nitrogens with zero attached hydrogens (tertiary/aromatic N) is 1. The summed E-state index contributed by atoms with van der Waals surface area (Å²) in [5.41, 5.74) is 2.16. The predicted octanol–water partition coefficient (Wildman–Crippen LogP) is 2.14. The van der Waals surface area contributed by atoms with Crippen LogP contribution in [0.5, 0.6) is 5.75 Å². The Balaban J connectivity index is 1.90. The predicted molar refractivity (Wildman–Crippen MR) is 97.5 cm³/mol. The highest BCUT2D eigenvalue weighted by atomic mass is 16.5. The van der Waals surface area contributed by atoms with E-state index in [-0.39, 0.29) is 12.5 Å². The highest BCUT2D eigenvalue weighted by molar-refractivity contribution is 5.79. The van der Waals surface area contributed by atoms with Crippen LogP contribution in [0.25, 0.3) is 0 Å². The zero-order valence-electron chi connectivity index (χ0n) is 14.2. The van der Waals surface area contributed by atoms with Gasteiger partial charge in [-0.25, -0.2) is 0 Å². The maximum atomic E-state index is 9.62. The van der Waals surface area contributed by atoms with Gasteiger partial charge in [0.05, 0.1) is 13.7 Å². The van der Waals surface area contributed by atoms with Crippen LogP contribution in [-0.4, -0.2) is 38.4 Å². The lowest BCUT2D eigenvalue weighted by molar-refractivity contribution is 0.265. The first-order valence-corrected chi connectivity index (χ1v) is 8.00. The van der Waals surface area contributed by atoms with E-state index in [0.717, 1.165) is 16.9 Å². The van der Waals surface area contributed by atoms with Crippen molar-refractivity contribution in [1.29, 1.82) is 0 Å². The van der Waals surface area contributed by atoms with Crippen molar-refractivity contribution in [3.63, 3.8) is 0 Å². The molecule has 0 heterocycles. The average molecular weight is 327 g/mol. The number of para-hydroxylation sites is 1. The molecule has 128 valence electrons. The van der Waals surface area contributed by atoms with Crippen molar-refractivity contribution in [2.75, 3.05) is 27.3 Å². The molecule has 5 nitrogen and oxygen atoms in total. The van der Waals surface area contributed by atoms with Crippen molar-refractivity contribution >= 4 is 5.96 Å². The van der Waals surface area contributed by atoms with Crippen LogP contribution in [-0.2, 0) is 6.54 Å². The third kappa shape index (κ3) is 4.99. The fraction of sp³-hybridized carbons (Fsp3) is 0.316. The fourth-order valence-corrected chi connectivity index (χ4v) is 2.48. The lowest BCUT2D eigenvalue weighted by atomic mass is 10.0. The maximum absolute atomic E-state index is 9.62. The maximum Gasteiger partial charge on any atom is 0.191 e. The van der Waals surface area contributed by atoms with Gasteiger partial charge in [-0.3, -0.25) is 4.99 Å². The van der Waals surface area contributed by atoms with Gasteiger partial charge in [0.2, 0.25) is 0 Å². The van der Waals surface area contributed by atoms with Gasteiger partial charge in [0.1, 0.15) is 5.75 Å². The number of nitrogens with one attached hydrogen (secondary N) is 2. The first-order valence-electron chi connectivity index (χ1n) is 8.00. The number of aliphatic hydroxyl groups excluding tert-OH is 1. The van der Waals surface area contributed by atoms with Crippen molar-refractivity contribution in [2.45, 2.75) is 12.5 Å². The number of ether oxygens (including phenoxy) is 1. The smallest absolute Gasteiger partial charge is 0.191 e. The van der Waals surface area contributed by atoms with E-state index in [1.165, 1.54) is 0 Å². The van der Waals surface area contributed by atoms with Gasteiger partial charge in [0.25, 0.3) is 0 Å². The Morgan fingerprint density at radius 3 is 2.46 bits per heavy atom. The Hall–Kier alpha value is -2.53. The van der Waals surface area contributed by atoms with Crippen molar-refractivity contribution in [3.05, 3.63) is 65.7 Å². The molecule has 0 radical (unpaired) electrons. The van der Waals surface area contributed by atoms with E-state index in [4.69, 9.17) is 4.74 Å². The molecule has 0 spiro atoms. The molecule has 0 bridgehead atoms. The number of methoxy groups -OCH3 is 1. The van der Waals surface area contributed by atoms with Crippen molar-refractivity contribution < 1.29 is 9.84 Å². The number of guanidine groups is 1. The quantitative estimate of drug-likeness (QED) is 0.538. The Kier molecular flexibility index (Phi) is 7.11. The highest BCUT2D eigenvalue weighted by Crippen LogP contribution is 2.16. The van der Waals surface area contributed by atoms with Gasteiger partial charge in [-0.2, -0.15) is 0 Å². The molecule has 2 aromatic rings. The lowest BCUT2D eigenvalue weighted by Gasteiger charge is -2.18. The molecule has 2 aromatic carbocycles. The van der Waals surface area contributed by atoms with Gasteiger partial charge in [-0.1, -0.05) is 48.5 Å². The van der Waals surface area contributed by atoms with Gasteiger partial charge in [0.15, 0.2) is 5.96 Å². The summed E-state index contributed by atoms with van der Waals surface area (Å²) in [7, 11) is 3.39. The Morgan fingerprint density at radius 1 is 1.08 bits per heavy atom. The Labute approximate surface area is 143 Å². The fourth-order valence-electron chi connectivity index (χ4n) is 2.48. The second-order valence-corrected chi connectivity index (χ2v) is 5.41. The third-order valence-corrected chi connectivity index (χ3v) is 3.87. The number of hydrogen-bond acceptors (Lipinski definition) is 3. The molecule has 0 aliphatic rings. The van der Waals surface area contributed by atoms with Crippen LogP contribution in [0.15, 0.2) is 59.6 Å². The molecule has 0 aromatic heterocycles. The van der Waals surface area contributed by atoms with Crippen LogP contribution in [0.3, 0.4) is 0 Å². The standard InChI is InChI=1S/C19H25N3O2/c1-20-19(21-12-16-10-6-7-11-18(16)24-2)22-13-17(14-23)15-8-4-3-5-9-15/h3-11,17,23H,12-14H2,1-2H3,(H2,20,21,22). The molecule has 1 atom stereocenters. The molecule has 5 heteroatoms. The van der Waals surface area contributed by atoms with E-state index >= 15 is 0 Å². The van der Waals surface area contributed by atoms with Gasteiger partial charge in [-0.15, -0.1) is 0 Å². The summed E-state index contributed by atoms with van der Waals surface area (Å²) in [6.45, 7) is 1.30. The summed E-state index contributed by atoms with van der Waals surface area (Å²) in [5.74, 6) is 1.56. The SMILES string of the molecule is CN=C(NCc1ccccc1OC)NCC(CO)c1ccccc1. The van der Waals surface area contributed by atoms with Crippen molar-refractivity contribution in [1.82, 2.24) is 10.6 Å². The van der Waals surface area contributed by atoms with E-state index < -0.39 is 0 Å². The molecular formula is C19H25N3O2. The summed E-state index contributed by atoms with van der Waals surface area (Å²) < 4.78 is 5.35. The largest absolute Gasteiger partial charge is 0.496 e. The van der Waals surface area contributed by atoms with E-state index in [2.05, 4.69) is 15.6 Å². The van der Waals surface area contributed by atoms with Crippen molar-refractivity contribution in [3.8, 4) is 5.75 Å². The third-order valence-electron chi connectivity index (χ3n) is 3.87. The summed E-state index contributed by atoms with van der Waals surface area (Å²) in [5, 5.41) is 16.2. The number of benzene rings is 2. The zero-order valence-corrected chi connectivity index (χ0v) is 14.2. The summed E-state index contributed by atoms with van der Waals surface area (Å²) in [6, 6.07) is 17.8. The summed E-state index contributed by atoms with van der Waals surface area (Å²) >= 11 is 0. The Morgan fingerprint density at radius 2 is 1.79 bits per heavy atom. The monoisotopic (exact) mass is 327 g/mol. The average Bonchev–Trinajstić information content (AvgIpc) is 2.65. The zero-order chi connectivity index (χ0) is 17.2. The first-order chi connectivity index (χ1) is 11.8. The minimum Gasteiger partial charge on any atom is -0.496 e. The number of hydrogen-bond donors (Lipinski definition) is 3. The number of rotatable bonds is 7. The number of aliphatic hydroxyl groups is 1. The normalized spacial score (nSPS) is 12.5. The van der Waals surface area contributed by atoms with Crippen LogP contribution in [0.1, 0.15) is 17.0 Å². The van der Waals surface area contributed by atoms with Crippen LogP contribution in [0.4, 0.5) is 0 Å². The van der Waals surface area contributed by atoms with Crippen LogP contribution < -0.4 is 15.4 Å². The molecule has 0 saturated carbocycles. The minimum absolute atomic E-state index is 0.0241. The number of aliphatic imine (C=N–C) groups is 1. The molecule has 1 unspecified atom stereocenters. The second-order valence-electron chi connectivity index (χ2n) is 5.41. The highest BCUT2D eigenvalue weighted by Gasteiger charge is 2.11. The van der Waals surface area contributed by atoms with Crippen molar-refractivity contribution in [2.24, 2.45) is 4.99 Å².